The zero-order valence-corrected chi connectivity index (χ0v) is 16.1. The van der Waals surface area contributed by atoms with Crippen LogP contribution >= 0.6 is 38.6 Å². The van der Waals surface area contributed by atoms with E-state index in [0.29, 0.717) is 22.5 Å². The SMILES string of the molecule is O=S(=O)(c1ccccc1Br)N(Cc1cccs1)Cc1cccs1. The molecule has 0 N–H and O–H groups in total. The van der Waals surface area contributed by atoms with E-state index in [9.17, 15) is 8.42 Å². The first kappa shape index (κ1) is 16.9. The Morgan fingerprint density at radius 1 is 0.870 bits per heavy atom. The van der Waals surface area contributed by atoms with Crippen LogP contribution in [0.4, 0.5) is 0 Å². The molecule has 0 amide bonds. The van der Waals surface area contributed by atoms with Gasteiger partial charge in [0.05, 0.1) is 4.90 Å². The van der Waals surface area contributed by atoms with Crippen LogP contribution in [-0.2, 0) is 23.1 Å². The Labute approximate surface area is 152 Å². The smallest absolute Gasteiger partial charge is 0.207 e. The normalized spacial score (nSPS) is 11.9. The van der Waals surface area contributed by atoms with Gasteiger partial charge in [0.1, 0.15) is 0 Å². The van der Waals surface area contributed by atoms with Gasteiger partial charge in [-0.3, -0.25) is 0 Å². The fourth-order valence-corrected chi connectivity index (χ4v) is 6.13. The molecule has 0 spiro atoms. The second kappa shape index (κ2) is 7.27. The minimum Gasteiger partial charge on any atom is -0.207 e. The second-order valence-corrected chi connectivity index (χ2v) is 9.69. The number of hydrogen-bond donors (Lipinski definition) is 0. The maximum atomic E-state index is 13.1. The monoisotopic (exact) mass is 427 g/mol. The molecule has 7 heteroatoms. The molecule has 2 aromatic heterocycles. The molecule has 3 rings (SSSR count). The molecule has 0 unspecified atom stereocenters. The van der Waals surface area contributed by atoms with Gasteiger partial charge in [0.15, 0.2) is 0 Å². The standard InChI is InChI=1S/C16H14BrNO2S3/c17-15-7-1-2-8-16(15)23(19,20)18(11-13-5-3-9-21-13)12-14-6-4-10-22-14/h1-10H,11-12H2. The van der Waals surface area contributed by atoms with Crippen LogP contribution in [0.15, 0.2) is 68.7 Å². The van der Waals surface area contributed by atoms with Crippen LogP contribution in [0.25, 0.3) is 0 Å². The summed E-state index contributed by atoms with van der Waals surface area (Å²) >= 11 is 6.49. The van der Waals surface area contributed by atoms with Crippen LogP contribution < -0.4 is 0 Å². The van der Waals surface area contributed by atoms with Gasteiger partial charge in [-0.1, -0.05) is 24.3 Å². The van der Waals surface area contributed by atoms with E-state index in [-0.39, 0.29) is 0 Å². The molecule has 120 valence electrons. The van der Waals surface area contributed by atoms with Crippen LogP contribution in [0.5, 0.6) is 0 Å². The lowest BCUT2D eigenvalue weighted by atomic mass is 10.4. The number of benzene rings is 1. The lowest BCUT2D eigenvalue weighted by Crippen LogP contribution is -2.30. The number of thiophene rings is 2. The Morgan fingerprint density at radius 2 is 1.43 bits per heavy atom. The van der Waals surface area contributed by atoms with Gasteiger partial charge in [-0.25, -0.2) is 8.42 Å². The van der Waals surface area contributed by atoms with Crippen molar-refractivity contribution in [2.45, 2.75) is 18.0 Å². The van der Waals surface area contributed by atoms with Gasteiger partial charge in [-0.05, 0) is 51.0 Å². The summed E-state index contributed by atoms with van der Waals surface area (Å²) in [5.41, 5.74) is 0. The van der Waals surface area contributed by atoms with Crippen LogP contribution in [0.2, 0.25) is 0 Å². The molecule has 0 aliphatic heterocycles. The molecule has 0 bridgehead atoms. The highest BCUT2D eigenvalue weighted by atomic mass is 79.9. The summed E-state index contributed by atoms with van der Waals surface area (Å²) in [5, 5.41) is 3.92. The number of sulfonamides is 1. The predicted octanol–water partition coefficient (Wildman–Crippen LogP) is 4.96. The van der Waals surface area contributed by atoms with Crippen molar-refractivity contribution in [1.82, 2.24) is 4.31 Å². The molecule has 3 aromatic rings. The average Bonchev–Trinajstić information content (AvgIpc) is 3.20. The highest BCUT2D eigenvalue weighted by molar-refractivity contribution is 9.10. The highest BCUT2D eigenvalue weighted by Gasteiger charge is 2.27. The first-order valence-corrected chi connectivity index (χ1v) is 10.9. The molecular weight excluding hydrogens is 414 g/mol. The molecule has 23 heavy (non-hydrogen) atoms. The lowest BCUT2D eigenvalue weighted by molar-refractivity contribution is 0.406. The van der Waals surface area contributed by atoms with Crippen molar-refractivity contribution >= 4 is 48.6 Å². The third-order valence-electron chi connectivity index (χ3n) is 3.28. The third kappa shape index (κ3) is 3.92. The quantitative estimate of drug-likeness (QED) is 0.556. The molecule has 0 saturated heterocycles. The third-order valence-corrected chi connectivity index (χ3v) is 7.81. The Kier molecular flexibility index (Phi) is 5.33. The van der Waals surface area contributed by atoms with E-state index in [4.69, 9.17) is 0 Å². The van der Waals surface area contributed by atoms with E-state index in [1.54, 1.807) is 40.9 Å². The predicted molar refractivity (Wildman–Crippen MR) is 99.2 cm³/mol. The topological polar surface area (TPSA) is 37.4 Å². The zero-order valence-electron chi connectivity index (χ0n) is 12.1. The van der Waals surface area contributed by atoms with E-state index in [2.05, 4.69) is 15.9 Å². The van der Waals surface area contributed by atoms with Crippen molar-refractivity contribution in [1.29, 1.82) is 0 Å². The Bertz CT molecular complexity index is 822. The average molecular weight is 428 g/mol. The molecule has 0 saturated carbocycles. The van der Waals surface area contributed by atoms with Gasteiger partial charge >= 0.3 is 0 Å². The summed E-state index contributed by atoms with van der Waals surface area (Å²) in [6, 6.07) is 14.7. The first-order valence-electron chi connectivity index (χ1n) is 6.87. The first-order chi connectivity index (χ1) is 11.1. The van der Waals surface area contributed by atoms with E-state index in [0.717, 1.165) is 9.75 Å². The fraction of sp³-hybridized carbons (Fsp3) is 0.125. The minimum absolute atomic E-state index is 0.299. The van der Waals surface area contributed by atoms with Gasteiger partial charge in [0, 0.05) is 27.3 Å². The molecule has 0 aliphatic rings. The molecule has 2 heterocycles. The van der Waals surface area contributed by atoms with Crippen molar-refractivity contribution in [3.8, 4) is 0 Å². The Morgan fingerprint density at radius 3 is 1.91 bits per heavy atom. The van der Waals surface area contributed by atoms with Gasteiger partial charge < -0.3 is 0 Å². The summed E-state index contributed by atoms with van der Waals surface area (Å²) < 4.78 is 28.3. The Hall–Kier alpha value is -0.990. The molecule has 0 radical (unpaired) electrons. The van der Waals surface area contributed by atoms with Crippen molar-refractivity contribution in [2.24, 2.45) is 0 Å². The van der Waals surface area contributed by atoms with Crippen LogP contribution in [-0.4, -0.2) is 12.7 Å². The number of halogens is 1. The summed E-state index contributed by atoms with van der Waals surface area (Å²) in [4.78, 5) is 2.35. The summed E-state index contributed by atoms with van der Waals surface area (Å²) in [7, 11) is -3.58. The van der Waals surface area contributed by atoms with Gasteiger partial charge in [0.25, 0.3) is 0 Å². The second-order valence-electron chi connectivity index (χ2n) is 4.86. The van der Waals surface area contributed by atoms with Crippen LogP contribution in [0, 0.1) is 0 Å². The maximum absolute atomic E-state index is 13.1. The van der Waals surface area contributed by atoms with Crippen LogP contribution in [0.1, 0.15) is 9.75 Å². The van der Waals surface area contributed by atoms with Crippen molar-refractivity contribution in [3.63, 3.8) is 0 Å². The fourth-order valence-electron chi connectivity index (χ4n) is 2.17. The summed E-state index contributed by atoms with van der Waals surface area (Å²) in [5.74, 6) is 0. The largest absolute Gasteiger partial charge is 0.244 e. The van der Waals surface area contributed by atoms with E-state index in [1.807, 2.05) is 41.1 Å². The lowest BCUT2D eigenvalue weighted by Gasteiger charge is -2.21. The van der Waals surface area contributed by atoms with Gasteiger partial charge in [-0.2, -0.15) is 4.31 Å². The Balaban J connectivity index is 1.98. The van der Waals surface area contributed by atoms with Crippen molar-refractivity contribution < 1.29 is 8.42 Å². The number of rotatable bonds is 6. The van der Waals surface area contributed by atoms with Gasteiger partial charge in [-0.15, -0.1) is 22.7 Å². The van der Waals surface area contributed by atoms with Crippen LogP contribution in [0.3, 0.4) is 0 Å². The molecule has 1 aromatic carbocycles. The number of hydrogen-bond acceptors (Lipinski definition) is 4. The highest BCUT2D eigenvalue weighted by Crippen LogP contribution is 2.28. The number of nitrogens with zero attached hydrogens (tertiary/aromatic N) is 1. The molecule has 3 nitrogen and oxygen atoms in total. The maximum Gasteiger partial charge on any atom is 0.244 e. The van der Waals surface area contributed by atoms with E-state index in [1.165, 1.54) is 4.31 Å². The van der Waals surface area contributed by atoms with Gasteiger partial charge in [0.2, 0.25) is 10.0 Å². The molecule has 0 fully saturated rings. The molecule has 0 aliphatic carbocycles. The van der Waals surface area contributed by atoms with Crippen molar-refractivity contribution in [2.75, 3.05) is 0 Å². The van der Waals surface area contributed by atoms with Crippen molar-refractivity contribution in [3.05, 3.63) is 73.5 Å². The summed E-state index contributed by atoms with van der Waals surface area (Å²) in [6.45, 7) is 0.748. The van der Waals surface area contributed by atoms with E-state index < -0.39 is 10.0 Å². The van der Waals surface area contributed by atoms with E-state index >= 15 is 0 Å². The molecular formula is C16H14BrNO2S3. The summed E-state index contributed by atoms with van der Waals surface area (Å²) in [6.07, 6.45) is 0. The molecule has 0 atom stereocenters. The minimum atomic E-state index is -3.58. The zero-order chi connectivity index (χ0) is 16.3.